The van der Waals surface area contributed by atoms with Crippen molar-refractivity contribution in [1.29, 1.82) is 0 Å². The van der Waals surface area contributed by atoms with Crippen LogP contribution in [0.5, 0.6) is 0 Å². The third-order valence-electron chi connectivity index (χ3n) is 3.78. The smallest absolute Gasteiger partial charge is 0.259 e. The summed E-state index contributed by atoms with van der Waals surface area (Å²) in [5, 5.41) is 17.8. The van der Waals surface area contributed by atoms with E-state index in [2.05, 4.69) is 27.4 Å². The summed E-state index contributed by atoms with van der Waals surface area (Å²) >= 11 is 0. The summed E-state index contributed by atoms with van der Waals surface area (Å²) in [6.45, 7) is 3.56. The number of pyridine rings is 1. The van der Waals surface area contributed by atoms with Gasteiger partial charge in [0.15, 0.2) is 0 Å². The van der Waals surface area contributed by atoms with Gasteiger partial charge in [0.2, 0.25) is 5.82 Å². The molecule has 0 radical (unpaired) electrons. The van der Waals surface area contributed by atoms with Crippen LogP contribution in [0, 0.1) is 0 Å². The van der Waals surface area contributed by atoms with Crippen molar-refractivity contribution >= 4 is 0 Å². The van der Waals surface area contributed by atoms with E-state index in [9.17, 15) is 5.11 Å². The number of nitrogens with one attached hydrogen (secondary N) is 1. The number of nitrogens with zero attached hydrogens (tertiary/aromatic N) is 3. The monoisotopic (exact) mass is 274 g/mol. The molecule has 0 atom stereocenters. The molecule has 1 aliphatic rings. The van der Waals surface area contributed by atoms with E-state index in [1.54, 1.807) is 6.20 Å². The fraction of sp³-hybridized carbons (Fsp3) is 0.500. The van der Waals surface area contributed by atoms with Crippen molar-refractivity contribution in [2.75, 3.05) is 13.1 Å². The van der Waals surface area contributed by atoms with Crippen LogP contribution in [0.4, 0.5) is 0 Å². The molecule has 6 nitrogen and oxygen atoms in total. The Morgan fingerprint density at radius 2 is 2.20 bits per heavy atom. The maximum atomic E-state index is 10.6. The third kappa shape index (κ3) is 2.32. The minimum absolute atomic E-state index is 0.313. The van der Waals surface area contributed by atoms with Crippen LogP contribution in [-0.2, 0) is 12.0 Å². The zero-order valence-corrected chi connectivity index (χ0v) is 11.5. The maximum Gasteiger partial charge on any atom is 0.259 e. The number of rotatable bonds is 3. The van der Waals surface area contributed by atoms with E-state index in [1.807, 2.05) is 12.3 Å². The van der Waals surface area contributed by atoms with Crippen LogP contribution in [0.3, 0.4) is 0 Å². The normalized spacial score (nSPS) is 18.1. The number of hydrogen-bond acceptors (Lipinski definition) is 6. The molecule has 2 aromatic heterocycles. The lowest BCUT2D eigenvalue weighted by Gasteiger charge is -2.28. The van der Waals surface area contributed by atoms with Gasteiger partial charge in [0.25, 0.3) is 5.89 Å². The van der Waals surface area contributed by atoms with E-state index in [0.717, 1.165) is 30.6 Å². The summed E-state index contributed by atoms with van der Waals surface area (Å²) in [5.74, 6) is 0.832. The Labute approximate surface area is 117 Å². The Morgan fingerprint density at radius 1 is 1.40 bits per heavy atom. The van der Waals surface area contributed by atoms with Crippen molar-refractivity contribution in [1.82, 2.24) is 20.4 Å². The Balaban J connectivity index is 1.94. The molecule has 0 spiro atoms. The number of aliphatic hydroxyl groups is 1. The van der Waals surface area contributed by atoms with E-state index in [4.69, 9.17) is 4.52 Å². The zero-order chi connectivity index (χ0) is 14.0. The van der Waals surface area contributed by atoms with Crippen molar-refractivity contribution in [3.05, 3.63) is 29.9 Å². The highest BCUT2D eigenvalue weighted by atomic mass is 16.5. The lowest BCUT2D eigenvalue weighted by atomic mass is 9.92. The number of hydrogen-bond donors (Lipinski definition) is 2. The van der Waals surface area contributed by atoms with Gasteiger partial charge in [-0.25, -0.2) is 0 Å². The quantitative estimate of drug-likeness (QED) is 0.876. The van der Waals surface area contributed by atoms with Crippen LogP contribution in [-0.4, -0.2) is 33.3 Å². The third-order valence-corrected chi connectivity index (χ3v) is 3.78. The van der Waals surface area contributed by atoms with E-state index in [0.29, 0.717) is 24.6 Å². The SMILES string of the molecule is CCc1cnccc1-c1noc(C2(O)CCNCC2)n1. The molecule has 1 saturated heterocycles. The van der Waals surface area contributed by atoms with Gasteiger partial charge in [-0.05, 0) is 44.0 Å². The van der Waals surface area contributed by atoms with Crippen LogP contribution < -0.4 is 5.32 Å². The Morgan fingerprint density at radius 3 is 2.95 bits per heavy atom. The number of aromatic nitrogens is 3. The van der Waals surface area contributed by atoms with Crippen LogP contribution in [0.2, 0.25) is 0 Å². The highest BCUT2D eigenvalue weighted by Crippen LogP contribution is 2.31. The average molecular weight is 274 g/mol. The molecule has 1 aliphatic heterocycles. The van der Waals surface area contributed by atoms with Gasteiger partial charge in [-0.15, -0.1) is 0 Å². The molecule has 106 valence electrons. The van der Waals surface area contributed by atoms with Crippen LogP contribution >= 0.6 is 0 Å². The molecule has 3 rings (SSSR count). The molecule has 0 saturated carbocycles. The fourth-order valence-electron chi connectivity index (χ4n) is 2.50. The molecule has 20 heavy (non-hydrogen) atoms. The largest absolute Gasteiger partial charge is 0.380 e. The topological polar surface area (TPSA) is 84.1 Å². The molecule has 2 aromatic rings. The zero-order valence-electron chi connectivity index (χ0n) is 11.5. The fourth-order valence-corrected chi connectivity index (χ4v) is 2.50. The molecule has 0 bridgehead atoms. The highest BCUT2D eigenvalue weighted by molar-refractivity contribution is 5.58. The second-order valence-electron chi connectivity index (χ2n) is 5.09. The van der Waals surface area contributed by atoms with Gasteiger partial charge in [0.1, 0.15) is 5.60 Å². The summed E-state index contributed by atoms with van der Waals surface area (Å²) in [6, 6.07) is 1.87. The Kier molecular flexibility index (Phi) is 3.50. The van der Waals surface area contributed by atoms with Crippen molar-refractivity contribution < 1.29 is 9.63 Å². The van der Waals surface area contributed by atoms with Gasteiger partial charge >= 0.3 is 0 Å². The predicted octanol–water partition coefficient (Wildman–Crippen LogP) is 1.26. The maximum absolute atomic E-state index is 10.6. The predicted molar refractivity (Wildman–Crippen MR) is 72.9 cm³/mol. The van der Waals surface area contributed by atoms with Gasteiger partial charge in [-0.2, -0.15) is 4.98 Å². The lowest BCUT2D eigenvalue weighted by Crippen LogP contribution is -2.39. The van der Waals surface area contributed by atoms with E-state index in [1.165, 1.54) is 0 Å². The highest BCUT2D eigenvalue weighted by Gasteiger charge is 2.37. The van der Waals surface area contributed by atoms with Crippen LogP contribution in [0.1, 0.15) is 31.2 Å². The molecular weight excluding hydrogens is 256 g/mol. The molecule has 0 aliphatic carbocycles. The minimum Gasteiger partial charge on any atom is -0.380 e. The summed E-state index contributed by atoms with van der Waals surface area (Å²) in [7, 11) is 0. The molecule has 3 heterocycles. The van der Waals surface area contributed by atoms with Gasteiger partial charge in [0, 0.05) is 18.0 Å². The first-order valence-electron chi connectivity index (χ1n) is 6.93. The van der Waals surface area contributed by atoms with Crippen LogP contribution in [0.15, 0.2) is 23.0 Å². The second kappa shape index (κ2) is 5.30. The lowest BCUT2D eigenvalue weighted by molar-refractivity contribution is -0.0228. The Hall–Kier alpha value is -1.79. The first-order valence-corrected chi connectivity index (χ1v) is 6.93. The van der Waals surface area contributed by atoms with Crippen LogP contribution in [0.25, 0.3) is 11.4 Å². The first kappa shape index (κ1) is 13.2. The minimum atomic E-state index is -1.00. The summed E-state index contributed by atoms with van der Waals surface area (Å²) in [4.78, 5) is 8.51. The number of aryl methyl sites for hydroxylation is 1. The number of piperidine rings is 1. The van der Waals surface area contributed by atoms with E-state index >= 15 is 0 Å². The molecule has 0 unspecified atom stereocenters. The van der Waals surface area contributed by atoms with E-state index < -0.39 is 5.60 Å². The standard InChI is InChI=1S/C14H18N4O2/c1-2-10-9-16-6-3-11(10)12-17-13(20-18-12)14(19)4-7-15-8-5-14/h3,6,9,15,19H,2,4-5,7-8H2,1H3. The van der Waals surface area contributed by atoms with Gasteiger partial charge in [-0.3, -0.25) is 4.98 Å². The van der Waals surface area contributed by atoms with E-state index in [-0.39, 0.29) is 0 Å². The van der Waals surface area contributed by atoms with Crippen molar-refractivity contribution in [2.24, 2.45) is 0 Å². The molecule has 6 heteroatoms. The van der Waals surface area contributed by atoms with Gasteiger partial charge in [0.05, 0.1) is 0 Å². The first-order chi connectivity index (χ1) is 9.73. The molecule has 2 N–H and O–H groups in total. The Bertz CT molecular complexity index is 590. The second-order valence-corrected chi connectivity index (χ2v) is 5.09. The molecule has 1 fully saturated rings. The summed E-state index contributed by atoms with van der Waals surface area (Å²) < 4.78 is 5.30. The van der Waals surface area contributed by atoms with Crippen molar-refractivity contribution in [3.63, 3.8) is 0 Å². The molecule has 0 aromatic carbocycles. The van der Waals surface area contributed by atoms with Gasteiger partial charge in [-0.1, -0.05) is 12.1 Å². The summed E-state index contributed by atoms with van der Waals surface area (Å²) in [6.07, 6.45) is 5.55. The molecule has 0 amide bonds. The average Bonchev–Trinajstić information content (AvgIpc) is 2.98. The molecular formula is C14H18N4O2. The van der Waals surface area contributed by atoms with Gasteiger partial charge < -0.3 is 14.9 Å². The van der Waals surface area contributed by atoms with Crippen molar-refractivity contribution in [2.45, 2.75) is 31.8 Å². The summed E-state index contributed by atoms with van der Waals surface area (Å²) in [5.41, 5.74) is 0.975. The van der Waals surface area contributed by atoms with Crippen molar-refractivity contribution in [3.8, 4) is 11.4 Å².